The van der Waals surface area contributed by atoms with E-state index in [1.54, 1.807) is 4.90 Å². The van der Waals surface area contributed by atoms with Crippen LogP contribution in [0.3, 0.4) is 0 Å². The highest BCUT2D eigenvalue weighted by atomic mass is 16.4. The fourth-order valence-corrected chi connectivity index (χ4v) is 1.13. The normalized spacial score (nSPS) is 16.0. The summed E-state index contributed by atoms with van der Waals surface area (Å²) in [6.45, 7) is 2.39. The zero-order valence-electron chi connectivity index (χ0n) is 7.25. The van der Waals surface area contributed by atoms with Crippen LogP contribution in [-0.2, 0) is 4.79 Å². The number of nitrogens with one attached hydrogen (secondary N) is 2. The quantitative estimate of drug-likeness (QED) is 0.466. The van der Waals surface area contributed by atoms with E-state index in [1.165, 1.54) is 0 Å². The number of hydrogen-bond donors (Lipinski definition) is 3. The molecule has 0 saturated carbocycles. The van der Waals surface area contributed by atoms with Gasteiger partial charge in [0.25, 0.3) is 0 Å². The monoisotopic (exact) mass is 187 g/mol. The van der Waals surface area contributed by atoms with Crippen LogP contribution in [0.15, 0.2) is 0 Å². The Morgan fingerprint density at radius 2 is 2.46 bits per heavy atom. The predicted octanol–water partition coefficient (Wildman–Crippen LogP) is -1.31. The van der Waals surface area contributed by atoms with Gasteiger partial charge in [-0.05, 0) is 0 Å². The van der Waals surface area contributed by atoms with Crippen molar-refractivity contribution in [3.05, 3.63) is 0 Å². The molecular weight excluding hydrogens is 174 g/mol. The lowest BCUT2D eigenvalue weighted by Gasteiger charge is -2.13. The van der Waals surface area contributed by atoms with Gasteiger partial charge in [-0.1, -0.05) is 0 Å². The van der Waals surface area contributed by atoms with Crippen LogP contribution in [-0.4, -0.2) is 54.7 Å². The summed E-state index contributed by atoms with van der Waals surface area (Å²) in [4.78, 5) is 22.7. The molecule has 0 unspecified atom stereocenters. The molecule has 0 aromatic heterocycles. The number of amides is 2. The second-order valence-corrected chi connectivity index (χ2v) is 2.79. The molecule has 0 aliphatic carbocycles. The van der Waals surface area contributed by atoms with Gasteiger partial charge in [-0.3, -0.25) is 4.79 Å². The number of carbonyl (C=O) groups excluding carboxylic acids is 1. The van der Waals surface area contributed by atoms with Crippen molar-refractivity contribution in [2.45, 2.75) is 0 Å². The second kappa shape index (κ2) is 4.66. The molecule has 1 fully saturated rings. The minimum absolute atomic E-state index is 0.0601. The minimum Gasteiger partial charge on any atom is -0.480 e. The first-order valence-electron chi connectivity index (χ1n) is 4.15. The summed E-state index contributed by atoms with van der Waals surface area (Å²) in [6.07, 6.45) is 0. The van der Waals surface area contributed by atoms with Crippen LogP contribution < -0.4 is 10.6 Å². The number of urea groups is 1. The number of hydrogen-bond acceptors (Lipinski definition) is 3. The molecule has 0 aromatic rings. The molecule has 74 valence electrons. The highest BCUT2D eigenvalue weighted by Crippen LogP contribution is 1.93. The van der Waals surface area contributed by atoms with E-state index in [1.807, 2.05) is 0 Å². The molecule has 1 aliphatic heterocycles. The molecule has 6 nitrogen and oxygen atoms in total. The highest BCUT2D eigenvalue weighted by Gasteiger charge is 2.17. The molecule has 0 atom stereocenters. The molecule has 1 aliphatic rings. The summed E-state index contributed by atoms with van der Waals surface area (Å²) in [5, 5.41) is 13.7. The largest absolute Gasteiger partial charge is 0.480 e. The number of rotatable bonds is 5. The molecule has 13 heavy (non-hydrogen) atoms. The average Bonchev–Trinajstić information content (AvgIpc) is 2.45. The third kappa shape index (κ3) is 3.29. The Bertz CT molecular complexity index is 207. The lowest BCUT2D eigenvalue weighted by molar-refractivity contribution is -0.135. The van der Waals surface area contributed by atoms with E-state index in [2.05, 4.69) is 10.6 Å². The first-order valence-corrected chi connectivity index (χ1v) is 4.15. The SMILES string of the molecule is O=C(O)CNCCN1CCNC1=O. The lowest BCUT2D eigenvalue weighted by atomic mass is 10.5. The fraction of sp³-hybridized carbons (Fsp3) is 0.714. The summed E-state index contributed by atoms with van der Waals surface area (Å²) in [5.41, 5.74) is 0. The van der Waals surface area contributed by atoms with Crippen LogP contribution in [0.2, 0.25) is 0 Å². The molecule has 0 radical (unpaired) electrons. The van der Waals surface area contributed by atoms with Crippen molar-refractivity contribution in [3.63, 3.8) is 0 Å². The first-order chi connectivity index (χ1) is 6.20. The van der Waals surface area contributed by atoms with E-state index < -0.39 is 5.97 Å². The molecule has 6 heteroatoms. The minimum atomic E-state index is -0.883. The number of carbonyl (C=O) groups is 2. The van der Waals surface area contributed by atoms with Crippen molar-refractivity contribution in [1.29, 1.82) is 0 Å². The Hall–Kier alpha value is -1.30. The second-order valence-electron chi connectivity index (χ2n) is 2.79. The highest BCUT2D eigenvalue weighted by molar-refractivity contribution is 5.76. The molecule has 0 bridgehead atoms. The maximum Gasteiger partial charge on any atom is 0.317 e. The molecule has 3 N–H and O–H groups in total. The summed E-state index contributed by atoms with van der Waals surface area (Å²) in [7, 11) is 0. The van der Waals surface area contributed by atoms with Gasteiger partial charge in [-0.15, -0.1) is 0 Å². The zero-order valence-corrected chi connectivity index (χ0v) is 7.25. The average molecular weight is 187 g/mol. The molecule has 1 rings (SSSR count). The van der Waals surface area contributed by atoms with Gasteiger partial charge in [0.1, 0.15) is 0 Å². The van der Waals surface area contributed by atoms with Crippen LogP contribution in [0.4, 0.5) is 4.79 Å². The van der Waals surface area contributed by atoms with Gasteiger partial charge in [0.15, 0.2) is 0 Å². The molecule has 1 heterocycles. The summed E-state index contributed by atoms with van der Waals surface area (Å²) >= 11 is 0. The van der Waals surface area contributed by atoms with Gasteiger partial charge in [0.05, 0.1) is 6.54 Å². The Morgan fingerprint density at radius 3 is 3.00 bits per heavy atom. The van der Waals surface area contributed by atoms with Crippen molar-refractivity contribution >= 4 is 12.0 Å². The summed E-state index contributed by atoms with van der Waals surface area (Å²) < 4.78 is 0. The Morgan fingerprint density at radius 1 is 1.69 bits per heavy atom. The van der Waals surface area contributed by atoms with Crippen LogP contribution in [0.1, 0.15) is 0 Å². The topological polar surface area (TPSA) is 81.7 Å². The van der Waals surface area contributed by atoms with Crippen molar-refractivity contribution in [1.82, 2.24) is 15.5 Å². The molecular formula is C7H13N3O3. The third-order valence-electron chi connectivity index (χ3n) is 1.78. The van der Waals surface area contributed by atoms with E-state index in [9.17, 15) is 9.59 Å². The first kappa shape index (κ1) is 9.79. The van der Waals surface area contributed by atoms with Crippen molar-refractivity contribution in [2.24, 2.45) is 0 Å². The van der Waals surface area contributed by atoms with E-state index in [0.29, 0.717) is 26.2 Å². The Balaban J connectivity index is 2.05. The van der Waals surface area contributed by atoms with Crippen molar-refractivity contribution in [2.75, 3.05) is 32.7 Å². The third-order valence-corrected chi connectivity index (χ3v) is 1.78. The number of nitrogens with zero attached hydrogens (tertiary/aromatic N) is 1. The number of carboxylic acids is 1. The zero-order chi connectivity index (χ0) is 9.68. The molecule has 1 saturated heterocycles. The van der Waals surface area contributed by atoms with E-state index in [0.717, 1.165) is 0 Å². The summed E-state index contributed by atoms with van der Waals surface area (Å²) in [5.74, 6) is -0.883. The van der Waals surface area contributed by atoms with Gasteiger partial charge in [0, 0.05) is 26.2 Å². The maximum absolute atomic E-state index is 11.0. The van der Waals surface area contributed by atoms with Gasteiger partial charge >= 0.3 is 12.0 Å². The van der Waals surface area contributed by atoms with E-state index in [-0.39, 0.29) is 12.6 Å². The van der Waals surface area contributed by atoms with Crippen LogP contribution in [0.25, 0.3) is 0 Å². The van der Waals surface area contributed by atoms with E-state index in [4.69, 9.17) is 5.11 Å². The number of aliphatic carboxylic acids is 1. The standard InChI is InChI=1S/C7H13N3O3/c11-6(12)5-8-1-3-10-4-2-9-7(10)13/h8H,1-5H2,(H,9,13)(H,11,12). The Kier molecular flexibility index (Phi) is 3.51. The van der Waals surface area contributed by atoms with E-state index >= 15 is 0 Å². The van der Waals surface area contributed by atoms with Gasteiger partial charge in [0.2, 0.25) is 0 Å². The van der Waals surface area contributed by atoms with Crippen LogP contribution in [0.5, 0.6) is 0 Å². The summed E-state index contributed by atoms with van der Waals surface area (Å²) in [6, 6.07) is -0.0721. The van der Waals surface area contributed by atoms with Crippen LogP contribution >= 0.6 is 0 Å². The van der Waals surface area contributed by atoms with Crippen LogP contribution in [0, 0.1) is 0 Å². The maximum atomic E-state index is 11.0. The van der Waals surface area contributed by atoms with Crippen molar-refractivity contribution < 1.29 is 14.7 Å². The molecule has 0 aromatic carbocycles. The molecule has 0 spiro atoms. The Labute approximate surface area is 75.9 Å². The van der Waals surface area contributed by atoms with Gasteiger partial charge in [-0.2, -0.15) is 0 Å². The smallest absolute Gasteiger partial charge is 0.317 e. The lowest BCUT2D eigenvalue weighted by Crippen LogP contribution is -2.36. The fourth-order valence-electron chi connectivity index (χ4n) is 1.13. The molecule has 2 amide bonds. The van der Waals surface area contributed by atoms with Gasteiger partial charge in [-0.25, -0.2) is 4.79 Å². The van der Waals surface area contributed by atoms with Gasteiger partial charge < -0.3 is 20.6 Å². The predicted molar refractivity (Wildman–Crippen MR) is 45.5 cm³/mol. The number of carboxylic acid groups (broad SMARTS) is 1. The van der Waals surface area contributed by atoms with Crippen molar-refractivity contribution in [3.8, 4) is 0 Å².